The summed E-state index contributed by atoms with van der Waals surface area (Å²) in [5.74, 6) is 2.04. The zero-order chi connectivity index (χ0) is 16.8. The molecule has 2 heteroatoms. The van der Waals surface area contributed by atoms with E-state index >= 15 is 0 Å². The van der Waals surface area contributed by atoms with Crippen molar-refractivity contribution in [2.45, 2.75) is 116 Å². The molecule has 0 aliphatic heterocycles. The van der Waals surface area contributed by atoms with Gasteiger partial charge in [0, 0.05) is 6.61 Å². The highest BCUT2D eigenvalue weighted by Gasteiger charge is 2.22. The molecule has 0 spiro atoms. The smallest absolute Gasteiger partial charge is 0.204 e. The molecule has 0 saturated heterocycles. The third-order valence-electron chi connectivity index (χ3n) is 5.60. The molecule has 0 heterocycles. The molecule has 0 aromatic heterocycles. The second-order valence-electron chi connectivity index (χ2n) is 7.97. The Hall–Kier alpha value is 0.177. The van der Waals surface area contributed by atoms with E-state index in [1.54, 1.807) is 0 Å². The normalized spacial score (nSPS) is 17.7. The van der Waals surface area contributed by atoms with Gasteiger partial charge in [-0.2, -0.15) is 0 Å². The largest absolute Gasteiger partial charge is 0.417 e. The number of hydrogen-bond donors (Lipinski definition) is 0. The van der Waals surface area contributed by atoms with E-state index in [4.69, 9.17) is 4.43 Å². The number of unbranched alkanes of at least 4 members (excludes halogenated alkanes) is 6. The van der Waals surface area contributed by atoms with Crippen LogP contribution in [0.3, 0.4) is 0 Å². The first-order chi connectivity index (χ1) is 11.2. The Bertz CT molecular complexity index is 248. The van der Waals surface area contributed by atoms with E-state index in [0.717, 1.165) is 18.4 Å². The summed E-state index contributed by atoms with van der Waals surface area (Å²) in [6.45, 7) is 7.82. The molecule has 0 aromatic rings. The lowest BCUT2D eigenvalue weighted by molar-refractivity contribution is 0.202. The van der Waals surface area contributed by atoms with Crippen LogP contribution in [0.25, 0.3) is 0 Å². The van der Waals surface area contributed by atoms with Crippen LogP contribution >= 0.6 is 0 Å². The molecule has 0 amide bonds. The van der Waals surface area contributed by atoms with Crippen molar-refractivity contribution in [1.82, 2.24) is 0 Å². The van der Waals surface area contributed by atoms with Crippen molar-refractivity contribution in [3.8, 4) is 0 Å². The molecule has 0 bridgehead atoms. The first kappa shape index (κ1) is 21.2. The SMILES string of the molecule is CCCCCCCCCC(CCCO[Si](C)C)C1CCCCC1. The summed E-state index contributed by atoms with van der Waals surface area (Å²) in [5, 5.41) is 0. The molecule has 1 aliphatic rings. The van der Waals surface area contributed by atoms with Gasteiger partial charge in [0.05, 0.1) is 0 Å². The third kappa shape index (κ3) is 11.4. The van der Waals surface area contributed by atoms with Gasteiger partial charge in [-0.05, 0) is 37.8 Å². The molecule has 1 rings (SSSR count). The summed E-state index contributed by atoms with van der Waals surface area (Å²) >= 11 is 0. The van der Waals surface area contributed by atoms with Gasteiger partial charge in [-0.3, -0.25) is 0 Å². The first-order valence-electron chi connectivity index (χ1n) is 10.7. The van der Waals surface area contributed by atoms with Crippen LogP contribution in [0, 0.1) is 11.8 Å². The molecular weight excluding hydrogens is 296 g/mol. The molecule has 137 valence electrons. The predicted molar refractivity (Wildman–Crippen MR) is 105 cm³/mol. The second-order valence-corrected chi connectivity index (χ2v) is 10.1. The minimum Gasteiger partial charge on any atom is -0.417 e. The van der Waals surface area contributed by atoms with E-state index in [0.29, 0.717) is 0 Å². The Labute approximate surface area is 148 Å². The standard InChI is InChI=1S/C21H43OSi/c1-4-5-6-7-8-9-11-15-21(18-14-19-22-23(2)3)20-16-12-10-13-17-20/h20-21H,4-19H2,1-3H3. The molecule has 1 saturated carbocycles. The highest BCUT2D eigenvalue weighted by atomic mass is 28.3. The third-order valence-corrected chi connectivity index (χ3v) is 6.39. The Morgan fingerprint density at radius 1 is 0.826 bits per heavy atom. The molecule has 1 unspecified atom stereocenters. The van der Waals surface area contributed by atoms with E-state index in [-0.39, 0.29) is 0 Å². The Morgan fingerprint density at radius 2 is 1.43 bits per heavy atom. The van der Waals surface area contributed by atoms with Gasteiger partial charge in [0.15, 0.2) is 0 Å². The van der Waals surface area contributed by atoms with E-state index < -0.39 is 9.04 Å². The molecule has 23 heavy (non-hydrogen) atoms. The minimum atomic E-state index is -0.488. The lowest BCUT2D eigenvalue weighted by atomic mass is 9.76. The summed E-state index contributed by atoms with van der Waals surface area (Å²) in [6, 6.07) is 0. The minimum absolute atomic E-state index is 0.488. The second kappa shape index (κ2) is 14.5. The maximum Gasteiger partial charge on any atom is 0.204 e. The van der Waals surface area contributed by atoms with Crippen molar-refractivity contribution in [2.75, 3.05) is 6.61 Å². The topological polar surface area (TPSA) is 9.23 Å². The molecule has 0 N–H and O–H groups in total. The Kier molecular flexibility index (Phi) is 13.4. The van der Waals surface area contributed by atoms with Gasteiger partial charge in [-0.1, -0.05) is 90.4 Å². The van der Waals surface area contributed by atoms with E-state index in [1.807, 2.05) is 0 Å². The summed E-state index contributed by atoms with van der Waals surface area (Å²) in [5.41, 5.74) is 0. The van der Waals surface area contributed by atoms with Crippen molar-refractivity contribution in [3.63, 3.8) is 0 Å². The lowest BCUT2D eigenvalue weighted by Gasteiger charge is -2.30. The zero-order valence-electron chi connectivity index (χ0n) is 16.4. The zero-order valence-corrected chi connectivity index (χ0v) is 17.4. The lowest BCUT2D eigenvalue weighted by Crippen LogP contribution is -2.19. The van der Waals surface area contributed by atoms with Gasteiger partial charge < -0.3 is 4.43 Å². The summed E-state index contributed by atoms with van der Waals surface area (Å²) < 4.78 is 5.86. The maximum absolute atomic E-state index is 5.86. The Morgan fingerprint density at radius 3 is 2.09 bits per heavy atom. The van der Waals surface area contributed by atoms with Crippen molar-refractivity contribution in [3.05, 3.63) is 0 Å². The number of hydrogen-bond acceptors (Lipinski definition) is 1. The van der Waals surface area contributed by atoms with Crippen LogP contribution in [0.4, 0.5) is 0 Å². The fourth-order valence-electron chi connectivity index (χ4n) is 4.21. The van der Waals surface area contributed by atoms with Crippen LogP contribution in [-0.2, 0) is 4.43 Å². The van der Waals surface area contributed by atoms with Crippen LogP contribution in [0.2, 0.25) is 13.1 Å². The van der Waals surface area contributed by atoms with Crippen LogP contribution in [0.5, 0.6) is 0 Å². The van der Waals surface area contributed by atoms with Gasteiger partial charge in [0.2, 0.25) is 9.04 Å². The van der Waals surface area contributed by atoms with Crippen LogP contribution in [0.1, 0.15) is 103 Å². The molecule has 1 atom stereocenters. The summed E-state index contributed by atoms with van der Waals surface area (Å²) in [6.07, 6.45) is 21.9. The van der Waals surface area contributed by atoms with E-state index in [2.05, 4.69) is 20.0 Å². The molecule has 1 nitrogen and oxygen atoms in total. The van der Waals surface area contributed by atoms with E-state index in [1.165, 1.54) is 96.3 Å². The highest BCUT2D eigenvalue weighted by molar-refractivity contribution is 6.48. The van der Waals surface area contributed by atoms with Gasteiger partial charge >= 0.3 is 0 Å². The fraction of sp³-hybridized carbons (Fsp3) is 1.00. The van der Waals surface area contributed by atoms with Crippen LogP contribution < -0.4 is 0 Å². The monoisotopic (exact) mass is 339 g/mol. The van der Waals surface area contributed by atoms with Gasteiger partial charge in [0.25, 0.3) is 0 Å². The van der Waals surface area contributed by atoms with Gasteiger partial charge in [0.1, 0.15) is 0 Å². The average Bonchev–Trinajstić information content (AvgIpc) is 2.56. The van der Waals surface area contributed by atoms with Crippen molar-refractivity contribution < 1.29 is 4.43 Å². The average molecular weight is 340 g/mol. The number of rotatable bonds is 14. The van der Waals surface area contributed by atoms with Gasteiger partial charge in [-0.15, -0.1) is 0 Å². The summed E-state index contributed by atoms with van der Waals surface area (Å²) in [4.78, 5) is 0. The Balaban J connectivity index is 2.18. The molecule has 1 radical (unpaired) electrons. The first-order valence-corrected chi connectivity index (χ1v) is 13.1. The quantitative estimate of drug-likeness (QED) is 0.237. The summed E-state index contributed by atoms with van der Waals surface area (Å²) in [7, 11) is -0.488. The fourth-order valence-corrected chi connectivity index (χ4v) is 4.76. The van der Waals surface area contributed by atoms with Crippen LogP contribution in [0.15, 0.2) is 0 Å². The van der Waals surface area contributed by atoms with E-state index in [9.17, 15) is 0 Å². The predicted octanol–water partition coefficient (Wildman–Crippen LogP) is 7.37. The van der Waals surface area contributed by atoms with Gasteiger partial charge in [-0.25, -0.2) is 0 Å². The van der Waals surface area contributed by atoms with Crippen molar-refractivity contribution in [1.29, 1.82) is 0 Å². The van der Waals surface area contributed by atoms with Crippen molar-refractivity contribution >= 4 is 9.04 Å². The van der Waals surface area contributed by atoms with Crippen molar-refractivity contribution in [2.24, 2.45) is 11.8 Å². The molecule has 1 aliphatic carbocycles. The maximum atomic E-state index is 5.86. The van der Waals surface area contributed by atoms with Crippen LogP contribution in [-0.4, -0.2) is 15.6 Å². The molecule has 1 fully saturated rings. The molecular formula is C21H43OSi. The molecule has 0 aromatic carbocycles. The highest BCUT2D eigenvalue weighted by Crippen LogP contribution is 2.35.